The fourth-order valence-electron chi connectivity index (χ4n) is 1.23. The Morgan fingerprint density at radius 2 is 2.17 bits per heavy atom. The van der Waals surface area contributed by atoms with Gasteiger partial charge in [0.15, 0.2) is 0 Å². The van der Waals surface area contributed by atoms with Gasteiger partial charge in [0.05, 0.1) is 0 Å². The number of rotatable bonds is 1. The van der Waals surface area contributed by atoms with Crippen LogP contribution in [0.25, 0.3) is 11.0 Å². The van der Waals surface area contributed by atoms with Crippen molar-refractivity contribution in [3.63, 3.8) is 0 Å². The topological polar surface area (TPSA) is 30.2 Å². The van der Waals surface area contributed by atoms with Gasteiger partial charge in [0.1, 0.15) is 11.3 Å². The van der Waals surface area contributed by atoms with Gasteiger partial charge < -0.3 is 4.42 Å². The standard InChI is InChI=1S/C10H7O2/c1-7-4-9-3-2-8(6-11)5-10(9)12-7/h2-5H,1H3. The Bertz CT molecular complexity index is 426. The molecule has 0 aliphatic carbocycles. The first kappa shape index (κ1) is 7.10. The van der Waals surface area contributed by atoms with Crippen molar-refractivity contribution in [1.82, 2.24) is 0 Å². The third-order valence-electron chi connectivity index (χ3n) is 1.76. The molecule has 0 atom stereocenters. The summed E-state index contributed by atoms with van der Waals surface area (Å²) in [5, 5.41) is 1.02. The van der Waals surface area contributed by atoms with Crippen molar-refractivity contribution in [1.29, 1.82) is 0 Å². The van der Waals surface area contributed by atoms with Crippen LogP contribution in [0.1, 0.15) is 11.3 Å². The molecule has 1 aromatic heterocycles. The molecule has 1 radical (unpaired) electrons. The maximum absolute atomic E-state index is 10.3. The summed E-state index contributed by atoms with van der Waals surface area (Å²) in [5.74, 6) is 0.855. The summed E-state index contributed by atoms with van der Waals surface area (Å²) < 4.78 is 5.33. The molecule has 2 aromatic rings. The quantitative estimate of drug-likeness (QED) is 0.638. The Balaban J connectivity index is 2.74. The van der Waals surface area contributed by atoms with Crippen molar-refractivity contribution < 1.29 is 9.21 Å². The molecule has 1 aromatic carbocycles. The number of hydrogen-bond donors (Lipinski definition) is 0. The Kier molecular flexibility index (Phi) is 1.47. The Morgan fingerprint density at radius 3 is 2.92 bits per heavy atom. The second-order valence-electron chi connectivity index (χ2n) is 2.71. The van der Waals surface area contributed by atoms with Crippen LogP contribution in [-0.2, 0) is 4.79 Å². The highest BCUT2D eigenvalue weighted by atomic mass is 16.3. The van der Waals surface area contributed by atoms with Crippen LogP contribution in [0.2, 0.25) is 0 Å². The summed E-state index contributed by atoms with van der Waals surface area (Å²) in [6, 6.07) is 7.20. The van der Waals surface area contributed by atoms with Gasteiger partial charge in [-0.1, -0.05) is 12.1 Å². The molecule has 0 aliphatic rings. The molecular formula is C10H7O2. The summed E-state index contributed by atoms with van der Waals surface area (Å²) in [6.45, 7) is 1.88. The van der Waals surface area contributed by atoms with Crippen molar-refractivity contribution in [2.24, 2.45) is 0 Å². The summed E-state index contributed by atoms with van der Waals surface area (Å²) >= 11 is 0. The van der Waals surface area contributed by atoms with Crippen molar-refractivity contribution >= 4 is 17.3 Å². The minimum absolute atomic E-state index is 0.525. The zero-order chi connectivity index (χ0) is 8.55. The molecule has 0 N–H and O–H groups in total. The number of carbonyl (C=O) groups excluding carboxylic acids is 1. The number of benzene rings is 1. The fraction of sp³-hybridized carbons (Fsp3) is 0.100. The van der Waals surface area contributed by atoms with Crippen LogP contribution >= 0.6 is 0 Å². The minimum atomic E-state index is 0.525. The third kappa shape index (κ3) is 1.01. The molecule has 0 saturated heterocycles. The first-order chi connectivity index (χ1) is 5.79. The normalized spacial score (nSPS) is 10.4. The van der Waals surface area contributed by atoms with E-state index in [1.165, 1.54) is 0 Å². The van der Waals surface area contributed by atoms with E-state index < -0.39 is 0 Å². The Labute approximate surface area is 69.8 Å². The van der Waals surface area contributed by atoms with E-state index in [9.17, 15) is 4.79 Å². The number of furan rings is 1. The van der Waals surface area contributed by atoms with E-state index in [0.717, 1.165) is 16.7 Å². The second kappa shape index (κ2) is 2.48. The summed E-state index contributed by atoms with van der Waals surface area (Å²) in [5.41, 5.74) is 1.27. The Hall–Kier alpha value is -1.57. The molecule has 0 unspecified atom stereocenters. The van der Waals surface area contributed by atoms with Crippen molar-refractivity contribution in [3.8, 4) is 0 Å². The second-order valence-corrected chi connectivity index (χ2v) is 2.71. The van der Waals surface area contributed by atoms with Gasteiger partial charge in [-0.3, -0.25) is 4.79 Å². The lowest BCUT2D eigenvalue weighted by Gasteiger charge is -1.87. The van der Waals surface area contributed by atoms with Gasteiger partial charge in [0, 0.05) is 10.9 Å². The molecule has 0 aliphatic heterocycles. The van der Waals surface area contributed by atoms with Crippen molar-refractivity contribution in [2.45, 2.75) is 6.92 Å². The molecule has 1 heterocycles. The van der Waals surface area contributed by atoms with Crippen LogP contribution in [0, 0.1) is 6.92 Å². The number of fused-ring (bicyclic) bond motifs is 1. The van der Waals surface area contributed by atoms with Gasteiger partial charge in [-0.25, -0.2) is 0 Å². The highest BCUT2D eigenvalue weighted by Crippen LogP contribution is 2.19. The highest BCUT2D eigenvalue weighted by Gasteiger charge is 2.00. The molecule has 2 nitrogen and oxygen atoms in total. The maximum atomic E-state index is 10.3. The lowest BCUT2D eigenvalue weighted by molar-refractivity contribution is 0.561. The van der Waals surface area contributed by atoms with Gasteiger partial charge in [-0.2, -0.15) is 0 Å². The SMILES string of the molecule is Cc1cc2ccc([C]=O)cc2o1. The summed E-state index contributed by atoms with van der Waals surface area (Å²) in [4.78, 5) is 10.3. The monoisotopic (exact) mass is 159 g/mol. The van der Waals surface area contributed by atoms with E-state index in [1.54, 1.807) is 12.1 Å². The van der Waals surface area contributed by atoms with Crippen molar-refractivity contribution in [3.05, 3.63) is 35.6 Å². The molecule has 0 fully saturated rings. The fourth-order valence-corrected chi connectivity index (χ4v) is 1.23. The maximum Gasteiger partial charge on any atom is 0.233 e. The summed E-state index contributed by atoms with van der Waals surface area (Å²) in [7, 11) is 0. The van der Waals surface area contributed by atoms with Crippen molar-refractivity contribution in [2.75, 3.05) is 0 Å². The van der Waals surface area contributed by atoms with Crippen LogP contribution in [0.4, 0.5) is 0 Å². The molecule has 0 bridgehead atoms. The molecule has 12 heavy (non-hydrogen) atoms. The first-order valence-electron chi connectivity index (χ1n) is 3.68. The molecule has 2 rings (SSSR count). The molecule has 59 valence electrons. The van der Waals surface area contributed by atoms with Crippen LogP contribution in [0.15, 0.2) is 28.7 Å². The summed E-state index contributed by atoms with van der Waals surface area (Å²) in [6.07, 6.45) is 1.82. The van der Waals surface area contributed by atoms with Gasteiger partial charge in [-0.05, 0) is 19.1 Å². The average molecular weight is 159 g/mol. The highest BCUT2D eigenvalue weighted by molar-refractivity contribution is 5.86. The van der Waals surface area contributed by atoms with Gasteiger partial charge in [0.2, 0.25) is 6.29 Å². The molecule has 0 spiro atoms. The zero-order valence-electron chi connectivity index (χ0n) is 6.63. The van der Waals surface area contributed by atoms with E-state index >= 15 is 0 Å². The van der Waals surface area contributed by atoms with E-state index in [1.807, 2.05) is 25.3 Å². The smallest absolute Gasteiger partial charge is 0.233 e. The largest absolute Gasteiger partial charge is 0.461 e. The zero-order valence-corrected chi connectivity index (χ0v) is 6.63. The minimum Gasteiger partial charge on any atom is -0.461 e. The number of hydrogen-bond acceptors (Lipinski definition) is 2. The van der Waals surface area contributed by atoms with E-state index in [-0.39, 0.29) is 0 Å². The average Bonchev–Trinajstić information content (AvgIpc) is 2.43. The van der Waals surface area contributed by atoms with Gasteiger partial charge in [-0.15, -0.1) is 0 Å². The van der Waals surface area contributed by atoms with E-state index in [4.69, 9.17) is 4.42 Å². The van der Waals surface area contributed by atoms with E-state index in [0.29, 0.717) is 5.56 Å². The van der Waals surface area contributed by atoms with Crippen LogP contribution in [-0.4, -0.2) is 6.29 Å². The molecule has 2 heteroatoms. The first-order valence-corrected chi connectivity index (χ1v) is 3.68. The molecular weight excluding hydrogens is 152 g/mol. The third-order valence-corrected chi connectivity index (χ3v) is 1.76. The Morgan fingerprint density at radius 1 is 1.33 bits per heavy atom. The van der Waals surface area contributed by atoms with Gasteiger partial charge in [0.25, 0.3) is 0 Å². The predicted molar refractivity (Wildman–Crippen MR) is 45.7 cm³/mol. The van der Waals surface area contributed by atoms with Crippen LogP contribution in [0.3, 0.4) is 0 Å². The lowest BCUT2D eigenvalue weighted by Crippen LogP contribution is -1.76. The van der Waals surface area contributed by atoms with Gasteiger partial charge >= 0.3 is 0 Å². The van der Waals surface area contributed by atoms with Crippen LogP contribution in [0.5, 0.6) is 0 Å². The van der Waals surface area contributed by atoms with E-state index in [2.05, 4.69) is 0 Å². The molecule has 0 amide bonds. The predicted octanol–water partition coefficient (Wildman–Crippen LogP) is 2.20. The lowest BCUT2D eigenvalue weighted by atomic mass is 10.2. The van der Waals surface area contributed by atoms with Crippen LogP contribution < -0.4 is 0 Å². The number of aryl methyl sites for hydroxylation is 1. The molecule has 0 saturated carbocycles.